The lowest BCUT2D eigenvalue weighted by atomic mass is 9.94. The number of dihydropyridines is 1. The lowest BCUT2D eigenvalue weighted by molar-refractivity contribution is 0.134. The van der Waals surface area contributed by atoms with Crippen molar-refractivity contribution in [3.8, 4) is 0 Å². The van der Waals surface area contributed by atoms with E-state index in [1.807, 2.05) is 45.6 Å². The summed E-state index contributed by atoms with van der Waals surface area (Å²) in [6.45, 7) is 6.08. The third kappa shape index (κ3) is 4.48. The Kier molecular flexibility index (Phi) is 6.11. The van der Waals surface area contributed by atoms with E-state index in [4.69, 9.17) is 0 Å². The molecule has 2 unspecified atom stereocenters. The average molecular weight is 367 g/mol. The van der Waals surface area contributed by atoms with Crippen molar-refractivity contribution < 1.29 is 5.11 Å². The number of aliphatic hydroxyl groups excluding tert-OH is 1. The SMILES string of the molecule is CC.CNc1cc2cnc(C3=CNC(C(O)CC4CC4)C=C3C)cc2cn1. The number of hydrogen-bond acceptors (Lipinski definition) is 5. The lowest BCUT2D eigenvalue weighted by Crippen LogP contribution is -2.37. The van der Waals surface area contributed by atoms with Gasteiger partial charge in [-0.1, -0.05) is 32.8 Å². The molecule has 5 heteroatoms. The largest absolute Gasteiger partial charge is 0.391 e. The van der Waals surface area contributed by atoms with Crippen molar-refractivity contribution in [2.45, 2.75) is 52.2 Å². The summed E-state index contributed by atoms with van der Waals surface area (Å²) in [6.07, 6.45) is 10.9. The smallest absolute Gasteiger partial charge is 0.126 e. The molecule has 5 nitrogen and oxygen atoms in total. The molecule has 144 valence electrons. The first-order valence-electron chi connectivity index (χ1n) is 9.91. The van der Waals surface area contributed by atoms with Crippen LogP contribution in [0, 0.1) is 5.92 Å². The van der Waals surface area contributed by atoms with Crippen molar-refractivity contribution in [2.24, 2.45) is 5.92 Å². The molecule has 27 heavy (non-hydrogen) atoms. The minimum atomic E-state index is -0.325. The van der Waals surface area contributed by atoms with Gasteiger partial charge in [0.15, 0.2) is 0 Å². The highest BCUT2D eigenvalue weighted by Gasteiger charge is 2.29. The third-order valence-electron chi connectivity index (χ3n) is 5.10. The van der Waals surface area contributed by atoms with E-state index in [-0.39, 0.29) is 12.1 Å². The van der Waals surface area contributed by atoms with Crippen LogP contribution in [-0.4, -0.2) is 34.3 Å². The van der Waals surface area contributed by atoms with E-state index >= 15 is 0 Å². The second-order valence-electron chi connectivity index (χ2n) is 7.08. The Morgan fingerprint density at radius 3 is 2.56 bits per heavy atom. The van der Waals surface area contributed by atoms with Crippen LogP contribution in [0.4, 0.5) is 5.82 Å². The lowest BCUT2D eigenvalue weighted by Gasteiger charge is -2.26. The summed E-state index contributed by atoms with van der Waals surface area (Å²) >= 11 is 0. The van der Waals surface area contributed by atoms with Crippen molar-refractivity contribution in [3.05, 3.63) is 48.1 Å². The van der Waals surface area contributed by atoms with Crippen LogP contribution in [-0.2, 0) is 0 Å². The molecule has 3 N–H and O–H groups in total. The molecule has 1 saturated carbocycles. The molecule has 0 bridgehead atoms. The zero-order chi connectivity index (χ0) is 19.4. The first-order valence-corrected chi connectivity index (χ1v) is 9.91. The summed E-state index contributed by atoms with van der Waals surface area (Å²) in [6, 6.07) is 4.05. The van der Waals surface area contributed by atoms with E-state index in [0.717, 1.165) is 39.9 Å². The fourth-order valence-corrected chi connectivity index (χ4v) is 3.36. The average Bonchev–Trinajstić information content (AvgIpc) is 3.52. The Hall–Kier alpha value is -2.40. The quantitative estimate of drug-likeness (QED) is 0.743. The second-order valence-corrected chi connectivity index (χ2v) is 7.08. The summed E-state index contributed by atoms with van der Waals surface area (Å²) in [4.78, 5) is 9.00. The monoisotopic (exact) mass is 366 g/mol. The van der Waals surface area contributed by atoms with Gasteiger partial charge in [0, 0.05) is 42.0 Å². The number of allylic oxidation sites excluding steroid dienone is 2. The van der Waals surface area contributed by atoms with Gasteiger partial charge in [-0.25, -0.2) is 4.98 Å². The van der Waals surface area contributed by atoms with Crippen molar-refractivity contribution in [3.63, 3.8) is 0 Å². The molecule has 1 aliphatic heterocycles. The topological polar surface area (TPSA) is 70.1 Å². The molecular weight excluding hydrogens is 336 g/mol. The van der Waals surface area contributed by atoms with Crippen molar-refractivity contribution in [2.75, 3.05) is 12.4 Å². The fraction of sp³-hybridized carbons (Fsp3) is 0.455. The van der Waals surface area contributed by atoms with E-state index < -0.39 is 0 Å². The van der Waals surface area contributed by atoms with E-state index in [1.54, 1.807) is 0 Å². The van der Waals surface area contributed by atoms with Crippen LogP contribution in [0.15, 0.2) is 42.4 Å². The van der Waals surface area contributed by atoms with Gasteiger partial charge >= 0.3 is 0 Å². The number of hydrogen-bond donors (Lipinski definition) is 3. The predicted molar refractivity (Wildman–Crippen MR) is 112 cm³/mol. The molecule has 3 heterocycles. The van der Waals surface area contributed by atoms with E-state index in [9.17, 15) is 5.11 Å². The predicted octanol–water partition coefficient (Wildman–Crippen LogP) is 4.12. The molecule has 0 saturated heterocycles. The van der Waals surface area contributed by atoms with Gasteiger partial charge in [-0.05, 0) is 37.0 Å². The van der Waals surface area contributed by atoms with Gasteiger partial charge in [-0.3, -0.25) is 4.98 Å². The maximum Gasteiger partial charge on any atom is 0.126 e. The van der Waals surface area contributed by atoms with Crippen LogP contribution in [0.5, 0.6) is 0 Å². The molecule has 1 aliphatic carbocycles. The Bertz CT molecular complexity index is 855. The first-order chi connectivity index (χ1) is 13.1. The first kappa shape index (κ1) is 19.4. The Morgan fingerprint density at radius 2 is 1.89 bits per heavy atom. The molecule has 2 aromatic heterocycles. The van der Waals surface area contributed by atoms with E-state index in [2.05, 4.69) is 39.7 Å². The Labute approximate surface area is 161 Å². The van der Waals surface area contributed by atoms with E-state index in [0.29, 0.717) is 5.92 Å². The number of nitrogens with one attached hydrogen (secondary N) is 2. The Morgan fingerprint density at radius 1 is 1.19 bits per heavy atom. The summed E-state index contributed by atoms with van der Waals surface area (Å²) in [5.41, 5.74) is 3.13. The van der Waals surface area contributed by atoms with Gasteiger partial charge < -0.3 is 15.7 Å². The maximum atomic E-state index is 10.4. The zero-order valence-corrected chi connectivity index (χ0v) is 16.7. The van der Waals surface area contributed by atoms with Crippen molar-refractivity contribution in [1.82, 2.24) is 15.3 Å². The Balaban J connectivity index is 0.00000102. The van der Waals surface area contributed by atoms with Crippen molar-refractivity contribution in [1.29, 1.82) is 0 Å². The molecule has 0 radical (unpaired) electrons. The number of pyridine rings is 2. The zero-order valence-electron chi connectivity index (χ0n) is 16.7. The van der Waals surface area contributed by atoms with E-state index in [1.165, 1.54) is 12.8 Å². The number of anilines is 1. The third-order valence-corrected chi connectivity index (χ3v) is 5.10. The maximum absolute atomic E-state index is 10.4. The van der Waals surface area contributed by atoms with Crippen LogP contribution < -0.4 is 10.6 Å². The van der Waals surface area contributed by atoms with Crippen LogP contribution in [0.25, 0.3) is 16.3 Å². The summed E-state index contributed by atoms with van der Waals surface area (Å²) < 4.78 is 0. The molecule has 2 aliphatic rings. The highest BCUT2D eigenvalue weighted by Crippen LogP contribution is 2.35. The number of fused-ring (bicyclic) bond motifs is 1. The van der Waals surface area contributed by atoms with Crippen LogP contribution in [0.1, 0.15) is 45.7 Å². The van der Waals surface area contributed by atoms with Crippen molar-refractivity contribution >= 4 is 22.2 Å². The van der Waals surface area contributed by atoms with Gasteiger partial charge in [0.2, 0.25) is 0 Å². The van der Waals surface area contributed by atoms with Crippen LogP contribution in [0.2, 0.25) is 0 Å². The normalized spacial score (nSPS) is 20.0. The van der Waals surface area contributed by atoms with Crippen LogP contribution >= 0.6 is 0 Å². The fourth-order valence-electron chi connectivity index (χ4n) is 3.36. The van der Waals surface area contributed by atoms with Gasteiger partial charge in [0.25, 0.3) is 0 Å². The highest BCUT2D eigenvalue weighted by atomic mass is 16.3. The molecular formula is C22H30N4O. The standard InChI is InChI=1S/C20H24N4O.C2H6/c1-12-5-18(19(25)6-13-3-4-13)23-11-16(12)17-7-14-10-24-20(21-2)8-15(14)9-22-17;1-2/h5,7-11,13,18-19,23,25H,3-4,6H2,1-2H3,(H,21,24);1-2H3. The molecule has 4 rings (SSSR count). The van der Waals surface area contributed by atoms with Gasteiger partial charge in [-0.15, -0.1) is 0 Å². The second kappa shape index (κ2) is 8.53. The number of nitrogens with zero attached hydrogens (tertiary/aromatic N) is 2. The van der Waals surface area contributed by atoms with Gasteiger partial charge in [0.1, 0.15) is 5.82 Å². The molecule has 0 amide bonds. The van der Waals surface area contributed by atoms with Crippen LogP contribution in [0.3, 0.4) is 0 Å². The highest BCUT2D eigenvalue weighted by molar-refractivity contribution is 5.88. The van der Waals surface area contributed by atoms with Gasteiger partial charge in [-0.2, -0.15) is 0 Å². The molecule has 0 spiro atoms. The molecule has 1 fully saturated rings. The molecule has 2 aromatic rings. The summed E-state index contributed by atoms with van der Waals surface area (Å²) in [7, 11) is 1.86. The number of aromatic nitrogens is 2. The number of rotatable bonds is 5. The molecule has 2 atom stereocenters. The molecule has 0 aromatic carbocycles. The minimum absolute atomic E-state index is 0.00957. The minimum Gasteiger partial charge on any atom is -0.391 e. The number of aliphatic hydroxyl groups is 1. The van der Waals surface area contributed by atoms with Gasteiger partial charge in [0.05, 0.1) is 17.8 Å². The summed E-state index contributed by atoms with van der Waals surface area (Å²) in [5, 5.41) is 18.9. The summed E-state index contributed by atoms with van der Waals surface area (Å²) in [5.74, 6) is 1.55.